The first-order valence-corrected chi connectivity index (χ1v) is 6.94. The average Bonchev–Trinajstić information content (AvgIpc) is 2.16. The molecule has 1 aromatic carbocycles. The maximum absolute atomic E-state index is 11.9. The molecule has 4 heteroatoms. The molecule has 90 valence electrons. The van der Waals surface area contributed by atoms with Crippen molar-refractivity contribution in [3.8, 4) is 0 Å². The van der Waals surface area contributed by atoms with Crippen molar-refractivity contribution in [2.45, 2.75) is 43.8 Å². The number of nitrogens with two attached hydrogens (primary N) is 1. The van der Waals surface area contributed by atoms with Crippen molar-refractivity contribution in [3.05, 3.63) is 23.8 Å². The van der Waals surface area contributed by atoms with Gasteiger partial charge in [0.15, 0.2) is 9.84 Å². The van der Waals surface area contributed by atoms with Crippen molar-refractivity contribution in [2.75, 3.05) is 5.73 Å². The van der Waals surface area contributed by atoms with Crippen LogP contribution in [0.1, 0.15) is 39.2 Å². The first-order valence-electron chi connectivity index (χ1n) is 5.40. The zero-order chi connectivity index (χ0) is 12.5. The van der Waals surface area contributed by atoms with Crippen LogP contribution in [0.5, 0.6) is 0 Å². The summed E-state index contributed by atoms with van der Waals surface area (Å²) in [5.41, 5.74) is 7.40. The lowest BCUT2D eigenvalue weighted by Crippen LogP contribution is -2.14. The van der Waals surface area contributed by atoms with Gasteiger partial charge in [0.1, 0.15) is 0 Å². The van der Waals surface area contributed by atoms with Crippen molar-refractivity contribution < 1.29 is 8.42 Å². The van der Waals surface area contributed by atoms with Gasteiger partial charge in [-0.15, -0.1) is 0 Å². The largest absolute Gasteiger partial charge is 0.398 e. The van der Waals surface area contributed by atoms with E-state index in [4.69, 9.17) is 5.73 Å². The standard InChI is InChI=1S/C12H19NO2S/c1-8(2)11-6-5-10(7-12(11)13)16(14,15)9(3)4/h5-9H,13H2,1-4H3. The summed E-state index contributed by atoms with van der Waals surface area (Å²) >= 11 is 0. The number of nitrogen functional groups attached to an aromatic ring is 1. The molecule has 0 heterocycles. The summed E-state index contributed by atoms with van der Waals surface area (Å²) in [6.07, 6.45) is 0. The predicted molar refractivity (Wildman–Crippen MR) is 67.3 cm³/mol. The van der Waals surface area contributed by atoms with Crippen LogP contribution in [0.2, 0.25) is 0 Å². The Kier molecular flexibility index (Phi) is 3.63. The van der Waals surface area contributed by atoms with Crippen LogP contribution < -0.4 is 5.73 Å². The maximum atomic E-state index is 11.9. The molecule has 1 rings (SSSR count). The number of sulfone groups is 1. The summed E-state index contributed by atoms with van der Waals surface area (Å²) in [7, 11) is -3.22. The zero-order valence-corrected chi connectivity index (χ0v) is 11.0. The molecular formula is C12H19NO2S. The Hall–Kier alpha value is -1.03. The molecule has 3 nitrogen and oxygen atoms in total. The molecule has 1 aromatic rings. The van der Waals surface area contributed by atoms with Crippen LogP contribution in [0.3, 0.4) is 0 Å². The highest BCUT2D eigenvalue weighted by atomic mass is 32.2. The van der Waals surface area contributed by atoms with Crippen LogP contribution in [0.15, 0.2) is 23.1 Å². The van der Waals surface area contributed by atoms with Crippen LogP contribution >= 0.6 is 0 Å². The molecule has 0 bridgehead atoms. The fourth-order valence-corrected chi connectivity index (χ4v) is 2.62. The summed E-state index contributed by atoms with van der Waals surface area (Å²) in [4.78, 5) is 0.310. The van der Waals surface area contributed by atoms with E-state index in [1.165, 1.54) is 0 Å². The Morgan fingerprint density at radius 3 is 2.06 bits per heavy atom. The fourth-order valence-electron chi connectivity index (χ4n) is 1.53. The van der Waals surface area contributed by atoms with Crippen LogP contribution in [0, 0.1) is 0 Å². The molecule has 0 aliphatic heterocycles. The van der Waals surface area contributed by atoms with Crippen molar-refractivity contribution in [1.29, 1.82) is 0 Å². The van der Waals surface area contributed by atoms with E-state index < -0.39 is 15.1 Å². The number of rotatable bonds is 3. The van der Waals surface area contributed by atoms with Gasteiger partial charge in [0.25, 0.3) is 0 Å². The summed E-state index contributed by atoms with van der Waals surface area (Å²) in [6, 6.07) is 5.00. The van der Waals surface area contributed by atoms with Gasteiger partial charge in [-0.3, -0.25) is 0 Å². The smallest absolute Gasteiger partial charge is 0.180 e. The Labute approximate surface area is 97.6 Å². The first-order chi connectivity index (χ1) is 7.26. The SMILES string of the molecule is CC(C)c1ccc(S(=O)(=O)C(C)C)cc1N. The molecule has 0 saturated heterocycles. The Morgan fingerprint density at radius 2 is 1.69 bits per heavy atom. The molecule has 2 N–H and O–H groups in total. The Bertz CT molecular complexity index is 476. The third-order valence-corrected chi connectivity index (χ3v) is 4.78. The molecule has 0 aliphatic carbocycles. The molecule has 0 fully saturated rings. The lowest BCUT2D eigenvalue weighted by Gasteiger charge is -2.13. The van der Waals surface area contributed by atoms with E-state index in [0.29, 0.717) is 16.5 Å². The molecule has 0 aliphatic rings. The minimum Gasteiger partial charge on any atom is -0.398 e. The van der Waals surface area contributed by atoms with Crippen LogP contribution in [0.4, 0.5) is 5.69 Å². The Balaban J connectivity index is 3.27. The third-order valence-electron chi connectivity index (χ3n) is 2.63. The second kappa shape index (κ2) is 4.45. The second-order valence-corrected chi connectivity index (χ2v) is 7.04. The van der Waals surface area contributed by atoms with Gasteiger partial charge in [-0.05, 0) is 37.5 Å². The van der Waals surface area contributed by atoms with Gasteiger partial charge in [0.05, 0.1) is 10.1 Å². The predicted octanol–water partition coefficient (Wildman–Crippen LogP) is 2.57. The normalized spacial score (nSPS) is 12.4. The van der Waals surface area contributed by atoms with E-state index in [9.17, 15) is 8.42 Å². The van der Waals surface area contributed by atoms with E-state index in [0.717, 1.165) is 5.56 Å². The van der Waals surface area contributed by atoms with Crippen LogP contribution in [0.25, 0.3) is 0 Å². The topological polar surface area (TPSA) is 60.2 Å². The summed E-state index contributed by atoms with van der Waals surface area (Å²) in [6.45, 7) is 7.40. The summed E-state index contributed by atoms with van der Waals surface area (Å²) < 4.78 is 23.8. The third kappa shape index (κ3) is 2.38. The molecule has 16 heavy (non-hydrogen) atoms. The van der Waals surface area contributed by atoms with Gasteiger partial charge >= 0.3 is 0 Å². The van der Waals surface area contributed by atoms with E-state index >= 15 is 0 Å². The number of hydrogen-bond donors (Lipinski definition) is 1. The molecule has 0 spiro atoms. The highest BCUT2D eigenvalue weighted by molar-refractivity contribution is 7.92. The quantitative estimate of drug-likeness (QED) is 0.827. The highest BCUT2D eigenvalue weighted by Gasteiger charge is 2.20. The summed E-state index contributed by atoms with van der Waals surface area (Å²) in [5, 5.41) is -0.420. The van der Waals surface area contributed by atoms with Crippen molar-refractivity contribution in [3.63, 3.8) is 0 Å². The van der Waals surface area contributed by atoms with Crippen molar-refractivity contribution in [1.82, 2.24) is 0 Å². The minimum absolute atomic E-state index is 0.302. The number of hydrogen-bond acceptors (Lipinski definition) is 3. The van der Waals surface area contributed by atoms with Crippen molar-refractivity contribution >= 4 is 15.5 Å². The first kappa shape index (κ1) is 13.0. The Morgan fingerprint density at radius 1 is 1.12 bits per heavy atom. The molecule has 0 aromatic heterocycles. The van der Waals surface area contributed by atoms with Gasteiger partial charge in [-0.1, -0.05) is 19.9 Å². The molecule has 0 radical (unpaired) electrons. The molecular weight excluding hydrogens is 222 g/mol. The number of benzene rings is 1. The molecule has 0 saturated carbocycles. The van der Waals surface area contributed by atoms with E-state index in [1.807, 2.05) is 13.8 Å². The summed E-state index contributed by atoms with van der Waals surface area (Å²) in [5.74, 6) is 0.302. The van der Waals surface area contributed by atoms with Gasteiger partial charge in [0, 0.05) is 5.69 Å². The molecule has 0 amide bonds. The van der Waals surface area contributed by atoms with E-state index in [-0.39, 0.29) is 0 Å². The van der Waals surface area contributed by atoms with Crippen LogP contribution in [-0.2, 0) is 9.84 Å². The maximum Gasteiger partial charge on any atom is 0.180 e. The second-order valence-electron chi connectivity index (χ2n) is 4.54. The molecule has 0 unspecified atom stereocenters. The lowest BCUT2D eigenvalue weighted by atomic mass is 10.0. The minimum atomic E-state index is -3.22. The van der Waals surface area contributed by atoms with E-state index in [1.54, 1.807) is 32.0 Å². The fraction of sp³-hybridized carbons (Fsp3) is 0.500. The van der Waals surface area contributed by atoms with Gasteiger partial charge in [-0.25, -0.2) is 8.42 Å². The average molecular weight is 241 g/mol. The zero-order valence-electron chi connectivity index (χ0n) is 10.2. The highest BCUT2D eigenvalue weighted by Crippen LogP contribution is 2.26. The van der Waals surface area contributed by atoms with E-state index in [2.05, 4.69) is 0 Å². The van der Waals surface area contributed by atoms with Gasteiger partial charge < -0.3 is 5.73 Å². The van der Waals surface area contributed by atoms with Gasteiger partial charge in [0.2, 0.25) is 0 Å². The van der Waals surface area contributed by atoms with Gasteiger partial charge in [-0.2, -0.15) is 0 Å². The molecule has 0 atom stereocenters. The monoisotopic (exact) mass is 241 g/mol. The lowest BCUT2D eigenvalue weighted by molar-refractivity contribution is 0.587. The van der Waals surface area contributed by atoms with Crippen LogP contribution in [-0.4, -0.2) is 13.7 Å². The number of anilines is 1. The van der Waals surface area contributed by atoms with Crippen molar-refractivity contribution in [2.24, 2.45) is 0 Å².